The summed E-state index contributed by atoms with van der Waals surface area (Å²) in [5.74, 6) is 1.32. The monoisotopic (exact) mass is 167 g/mol. The van der Waals surface area contributed by atoms with Crippen molar-refractivity contribution in [2.24, 2.45) is 11.8 Å². The van der Waals surface area contributed by atoms with Crippen LogP contribution in [0.1, 0.15) is 33.6 Å². The molecule has 0 bridgehead atoms. The van der Waals surface area contributed by atoms with Gasteiger partial charge in [-0.2, -0.15) is 0 Å². The molecule has 1 aliphatic rings. The Labute approximate surface area is 75.8 Å². The van der Waals surface area contributed by atoms with Gasteiger partial charge in [-0.15, -0.1) is 0 Å². The summed E-state index contributed by atoms with van der Waals surface area (Å²) in [6.07, 6.45) is 6.06. The van der Waals surface area contributed by atoms with Crippen molar-refractivity contribution < 1.29 is 4.74 Å². The van der Waals surface area contributed by atoms with Gasteiger partial charge in [0, 0.05) is 7.11 Å². The normalized spacial score (nSPS) is 30.6. The summed E-state index contributed by atoms with van der Waals surface area (Å²) < 4.78 is 5.44. The van der Waals surface area contributed by atoms with Crippen molar-refractivity contribution in [1.29, 1.82) is 0 Å². The van der Waals surface area contributed by atoms with E-state index in [0.29, 0.717) is 12.0 Å². The van der Waals surface area contributed by atoms with E-state index in [1.165, 1.54) is 5.57 Å². The van der Waals surface area contributed by atoms with Gasteiger partial charge in [-0.05, 0) is 36.3 Å². The summed E-state index contributed by atoms with van der Waals surface area (Å²) in [6.45, 7) is 6.69. The molecule has 2 unspecified atom stereocenters. The maximum atomic E-state index is 5.44. The molecule has 1 nitrogen and oxygen atoms in total. The van der Waals surface area contributed by atoms with Crippen LogP contribution in [0.4, 0.5) is 0 Å². The lowest BCUT2D eigenvalue weighted by Gasteiger charge is -2.28. The number of ether oxygens (including phenoxy) is 1. The molecule has 1 radical (unpaired) electrons. The highest BCUT2D eigenvalue weighted by molar-refractivity contribution is 5.10. The SMILES string of the molecule is COC1CC(C)C[C]=C1C(C)C. The van der Waals surface area contributed by atoms with Gasteiger partial charge in [0.1, 0.15) is 0 Å². The van der Waals surface area contributed by atoms with Gasteiger partial charge < -0.3 is 4.74 Å². The number of allylic oxidation sites excluding steroid dienone is 1. The van der Waals surface area contributed by atoms with Crippen LogP contribution < -0.4 is 0 Å². The van der Waals surface area contributed by atoms with Crippen LogP contribution in [-0.2, 0) is 4.74 Å². The molecule has 0 aromatic carbocycles. The van der Waals surface area contributed by atoms with Crippen LogP contribution in [0.2, 0.25) is 0 Å². The minimum absolute atomic E-state index is 0.328. The third-order valence-electron chi connectivity index (χ3n) is 2.52. The first kappa shape index (κ1) is 9.79. The minimum Gasteiger partial charge on any atom is -0.377 e. The van der Waals surface area contributed by atoms with Crippen LogP contribution in [-0.4, -0.2) is 13.2 Å². The van der Waals surface area contributed by atoms with Gasteiger partial charge >= 0.3 is 0 Å². The molecule has 12 heavy (non-hydrogen) atoms. The summed E-state index contributed by atoms with van der Waals surface area (Å²) in [5, 5.41) is 0. The molecule has 0 fully saturated rings. The van der Waals surface area contributed by atoms with E-state index in [9.17, 15) is 0 Å². The van der Waals surface area contributed by atoms with E-state index in [0.717, 1.165) is 18.8 Å². The van der Waals surface area contributed by atoms with Gasteiger partial charge in [0.15, 0.2) is 0 Å². The van der Waals surface area contributed by atoms with Crippen molar-refractivity contribution in [1.82, 2.24) is 0 Å². The van der Waals surface area contributed by atoms with Crippen molar-refractivity contribution in [3.8, 4) is 0 Å². The molecule has 1 heteroatoms. The van der Waals surface area contributed by atoms with E-state index >= 15 is 0 Å². The summed E-state index contributed by atoms with van der Waals surface area (Å²) in [7, 11) is 1.80. The zero-order chi connectivity index (χ0) is 9.14. The molecule has 0 aliphatic heterocycles. The Kier molecular flexibility index (Phi) is 3.33. The third kappa shape index (κ3) is 2.10. The van der Waals surface area contributed by atoms with Crippen molar-refractivity contribution in [3.63, 3.8) is 0 Å². The molecule has 0 saturated carbocycles. The summed E-state index contributed by atoms with van der Waals surface area (Å²) in [4.78, 5) is 0. The number of hydrogen-bond acceptors (Lipinski definition) is 1. The van der Waals surface area contributed by atoms with Crippen LogP contribution in [0.15, 0.2) is 5.57 Å². The summed E-state index contributed by atoms with van der Waals surface area (Å²) in [5.41, 5.74) is 1.37. The van der Waals surface area contributed by atoms with E-state index < -0.39 is 0 Å². The molecular weight excluding hydrogens is 148 g/mol. The Morgan fingerprint density at radius 1 is 1.50 bits per heavy atom. The van der Waals surface area contributed by atoms with Gasteiger partial charge in [-0.1, -0.05) is 20.8 Å². The first-order chi connectivity index (χ1) is 5.65. The van der Waals surface area contributed by atoms with E-state index in [2.05, 4.69) is 26.8 Å². The quantitative estimate of drug-likeness (QED) is 0.614. The molecule has 0 spiro atoms. The Morgan fingerprint density at radius 3 is 2.67 bits per heavy atom. The van der Waals surface area contributed by atoms with Crippen LogP contribution in [0.5, 0.6) is 0 Å². The highest BCUT2D eigenvalue weighted by Crippen LogP contribution is 2.29. The molecule has 1 rings (SSSR count). The molecular formula is C11H19O. The lowest BCUT2D eigenvalue weighted by molar-refractivity contribution is 0.0956. The molecule has 0 aromatic rings. The molecule has 2 atom stereocenters. The number of rotatable bonds is 2. The summed E-state index contributed by atoms with van der Waals surface area (Å²) >= 11 is 0. The third-order valence-corrected chi connectivity index (χ3v) is 2.52. The maximum absolute atomic E-state index is 5.44. The fourth-order valence-corrected chi connectivity index (χ4v) is 1.78. The maximum Gasteiger partial charge on any atom is 0.0792 e. The molecule has 0 N–H and O–H groups in total. The average molecular weight is 167 g/mol. The molecule has 0 heterocycles. The largest absolute Gasteiger partial charge is 0.377 e. The van der Waals surface area contributed by atoms with Gasteiger partial charge in [0.25, 0.3) is 0 Å². The van der Waals surface area contributed by atoms with Crippen molar-refractivity contribution in [2.45, 2.75) is 39.7 Å². The fraction of sp³-hybridized carbons (Fsp3) is 0.818. The topological polar surface area (TPSA) is 9.23 Å². The second-order valence-corrected chi connectivity index (χ2v) is 4.06. The van der Waals surface area contributed by atoms with Gasteiger partial charge in [0.05, 0.1) is 6.10 Å². The Morgan fingerprint density at radius 2 is 2.17 bits per heavy atom. The highest BCUT2D eigenvalue weighted by atomic mass is 16.5. The molecule has 0 aromatic heterocycles. The molecule has 1 aliphatic carbocycles. The lowest BCUT2D eigenvalue weighted by atomic mass is 9.84. The predicted octanol–water partition coefficient (Wildman–Crippen LogP) is 2.82. The van der Waals surface area contributed by atoms with E-state index in [1.54, 1.807) is 7.11 Å². The molecule has 0 saturated heterocycles. The highest BCUT2D eigenvalue weighted by Gasteiger charge is 2.23. The molecule has 0 amide bonds. The predicted molar refractivity (Wildman–Crippen MR) is 50.8 cm³/mol. The smallest absolute Gasteiger partial charge is 0.0792 e. The zero-order valence-corrected chi connectivity index (χ0v) is 8.55. The van der Waals surface area contributed by atoms with E-state index in [-0.39, 0.29) is 0 Å². The van der Waals surface area contributed by atoms with Crippen LogP contribution in [0.25, 0.3) is 0 Å². The Hall–Kier alpha value is -0.300. The Bertz CT molecular complexity index is 170. The first-order valence-corrected chi connectivity index (χ1v) is 4.78. The van der Waals surface area contributed by atoms with Crippen LogP contribution >= 0.6 is 0 Å². The van der Waals surface area contributed by atoms with Crippen LogP contribution in [0, 0.1) is 17.9 Å². The number of hydrogen-bond donors (Lipinski definition) is 0. The zero-order valence-electron chi connectivity index (χ0n) is 8.55. The Balaban J connectivity index is 2.68. The second-order valence-electron chi connectivity index (χ2n) is 4.06. The standard InChI is InChI=1S/C11H19O/c1-8(2)10-6-5-9(3)7-11(10)12-4/h8-9,11H,5,7H2,1-4H3. The average Bonchev–Trinajstić information content (AvgIpc) is 2.03. The first-order valence-electron chi connectivity index (χ1n) is 4.78. The van der Waals surface area contributed by atoms with Crippen molar-refractivity contribution in [2.75, 3.05) is 7.11 Å². The van der Waals surface area contributed by atoms with Gasteiger partial charge in [-0.25, -0.2) is 0 Å². The van der Waals surface area contributed by atoms with Crippen molar-refractivity contribution in [3.05, 3.63) is 11.6 Å². The van der Waals surface area contributed by atoms with E-state index in [4.69, 9.17) is 4.74 Å². The second kappa shape index (κ2) is 4.08. The molecule has 69 valence electrons. The fourth-order valence-electron chi connectivity index (χ4n) is 1.78. The minimum atomic E-state index is 0.328. The van der Waals surface area contributed by atoms with E-state index in [1.807, 2.05) is 0 Å². The van der Waals surface area contributed by atoms with Crippen molar-refractivity contribution >= 4 is 0 Å². The van der Waals surface area contributed by atoms with Gasteiger partial charge in [0.2, 0.25) is 0 Å². The van der Waals surface area contributed by atoms with Gasteiger partial charge in [-0.3, -0.25) is 0 Å². The van der Waals surface area contributed by atoms with Crippen LogP contribution in [0.3, 0.4) is 0 Å². The number of methoxy groups -OCH3 is 1. The summed E-state index contributed by atoms with van der Waals surface area (Å²) in [6, 6.07) is 0. The lowest BCUT2D eigenvalue weighted by Crippen LogP contribution is -2.24.